The number of hydrogen-bond donors (Lipinski definition) is 2. The number of rotatable bonds is 5. The van der Waals surface area contributed by atoms with Crippen molar-refractivity contribution >= 4 is 11.6 Å². The van der Waals surface area contributed by atoms with Crippen molar-refractivity contribution in [1.29, 1.82) is 0 Å². The molecule has 110 valence electrons. The van der Waals surface area contributed by atoms with Gasteiger partial charge in [-0.2, -0.15) is 0 Å². The summed E-state index contributed by atoms with van der Waals surface area (Å²) in [6.07, 6.45) is 0.330. The summed E-state index contributed by atoms with van der Waals surface area (Å²) >= 11 is 0. The lowest BCUT2D eigenvalue weighted by atomic mass is 10.0. The van der Waals surface area contributed by atoms with E-state index in [4.69, 9.17) is 15.2 Å². The van der Waals surface area contributed by atoms with Crippen LogP contribution >= 0.6 is 0 Å². The lowest BCUT2D eigenvalue weighted by molar-refractivity contribution is -0.117. The molecule has 3 N–H and O–H groups in total. The number of nitrogens with one attached hydrogen (secondary N) is 1. The topological polar surface area (TPSA) is 73.6 Å². The fourth-order valence-corrected chi connectivity index (χ4v) is 2.16. The molecule has 1 aliphatic rings. The highest BCUT2D eigenvalue weighted by molar-refractivity contribution is 5.94. The summed E-state index contributed by atoms with van der Waals surface area (Å²) in [5, 5.41) is 2.84. The maximum absolute atomic E-state index is 12.0. The monoisotopic (exact) mass is 278 g/mol. The Labute approximate surface area is 119 Å². The Morgan fingerprint density at radius 1 is 1.40 bits per heavy atom. The van der Waals surface area contributed by atoms with Crippen molar-refractivity contribution in [3.05, 3.63) is 29.8 Å². The molecule has 1 aromatic carbocycles. The van der Waals surface area contributed by atoms with Crippen LogP contribution in [-0.2, 0) is 14.3 Å². The number of carbonyl (C=O) groups is 1. The summed E-state index contributed by atoms with van der Waals surface area (Å²) in [6, 6.07) is 6.98. The minimum absolute atomic E-state index is 0.163. The van der Waals surface area contributed by atoms with Gasteiger partial charge < -0.3 is 20.5 Å². The third kappa shape index (κ3) is 4.03. The van der Waals surface area contributed by atoms with Gasteiger partial charge in [-0.3, -0.25) is 4.79 Å². The van der Waals surface area contributed by atoms with E-state index in [0.29, 0.717) is 31.2 Å². The summed E-state index contributed by atoms with van der Waals surface area (Å²) in [4.78, 5) is 12.0. The van der Waals surface area contributed by atoms with Gasteiger partial charge in [0.1, 0.15) is 0 Å². The van der Waals surface area contributed by atoms with E-state index < -0.39 is 6.04 Å². The predicted octanol–water partition coefficient (Wildman–Crippen LogP) is 2.04. The van der Waals surface area contributed by atoms with E-state index in [2.05, 4.69) is 5.32 Å². The van der Waals surface area contributed by atoms with Gasteiger partial charge in [0.2, 0.25) is 5.91 Å². The SMILES string of the molecule is CC(C)C[C@H](N)C(=O)Nc1cccc(C2OCCO2)c1. The largest absolute Gasteiger partial charge is 0.346 e. The molecule has 0 bridgehead atoms. The van der Waals surface area contributed by atoms with E-state index in [1.54, 1.807) is 0 Å². The van der Waals surface area contributed by atoms with Crippen LogP contribution in [0, 0.1) is 5.92 Å². The maximum Gasteiger partial charge on any atom is 0.241 e. The first-order valence-corrected chi connectivity index (χ1v) is 6.96. The van der Waals surface area contributed by atoms with Crippen molar-refractivity contribution in [2.75, 3.05) is 18.5 Å². The Kier molecular flexibility index (Phi) is 5.11. The third-order valence-corrected chi connectivity index (χ3v) is 3.11. The van der Waals surface area contributed by atoms with Crippen LogP contribution in [0.25, 0.3) is 0 Å². The van der Waals surface area contributed by atoms with Crippen LogP contribution in [0.2, 0.25) is 0 Å². The second-order valence-corrected chi connectivity index (χ2v) is 5.42. The second-order valence-electron chi connectivity index (χ2n) is 5.42. The molecule has 0 aliphatic carbocycles. The zero-order chi connectivity index (χ0) is 14.5. The molecular weight excluding hydrogens is 256 g/mol. The van der Waals surface area contributed by atoms with Gasteiger partial charge in [0.15, 0.2) is 6.29 Å². The van der Waals surface area contributed by atoms with Gasteiger partial charge in [-0.1, -0.05) is 26.0 Å². The molecule has 1 saturated heterocycles. The van der Waals surface area contributed by atoms with Crippen molar-refractivity contribution in [2.24, 2.45) is 11.7 Å². The van der Waals surface area contributed by atoms with Gasteiger partial charge in [0, 0.05) is 11.3 Å². The fourth-order valence-electron chi connectivity index (χ4n) is 2.16. The van der Waals surface area contributed by atoms with Gasteiger partial charge in [-0.05, 0) is 24.5 Å². The zero-order valence-corrected chi connectivity index (χ0v) is 12.0. The van der Waals surface area contributed by atoms with Crippen LogP contribution in [0.1, 0.15) is 32.1 Å². The summed E-state index contributed by atoms with van der Waals surface area (Å²) in [7, 11) is 0. The molecule has 0 aromatic heterocycles. The van der Waals surface area contributed by atoms with Crippen molar-refractivity contribution in [3.63, 3.8) is 0 Å². The van der Waals surface area contributed by atoms with Crippen LogP contribution in [-0.4, -0.2) is 25.2 Å². The van der Waals surface area contributed by atoms with Gasteiger partial charge in [0.05, 0.1) is 19.3 Å². The molecule has 1 aliphatic heterocycles. The normalized spacial score (nSPS) is 17.4. The number of benzene rings is 1. The molecule has 5 heteroatoms. The molecule has 0 unspecified atom stereocenters. The van der Waals surface area contributed by atoms with Crippen LogP contribution in [0.3, 0.4) is 0 Å². The second kappa shape index (κ2) is 6.83. The smallest absolute Gasteiger partial charge is 0.241 e. The van der Waals surface area contributed by atoms with Crippen molar-refractivity contribution < 1.29 is 14.3 Å². The lowest BCUT2D eigenvalue weighted by Gasteiger charge is -2.15. The minimum atomic E-state index is -0.488. The van der Waals surface area contributed by atoms with Crippen molar-refractivity contribution in [2.45, 2.75) is 32.6 Å². The Morgan fingerprint density at radius 2 is 2.10 bits per heavy atom. The summed E-state index contributed by atoms with van der Waals surface area (Å²) in [5.41, 5.74) is 7.48. The molecule has 1 atom stereocenters. The Morgan fingerprint density at radius 3 is 2.75 bits per heavy atom. The van der Waals surface area contributed by atoms with Gasteiger partial charge in [-0.25, -0.2) is 0 Å². The molecule has 0 spiro atoms. The van der Waals surface area contributed by atoms with Crippen LogP contribution in [0.4, 0.5) is 5.69 Å². The Bertz CT molecular complexity index is 456. The Hall–Kier alpha value is -1.43. The number of hydrogen-bond acceptors (Lipinski definition) is 4. The summed E-state index contributed by atoms with van der Waals surface area (Å²) in [6.45, 7) is 5.28. The quantitative estimate of drug-likeness (QED) is 0.864. The standard InChI is InChI=1S/C15H22N2O3/c1-10(2)8-13(16)14(18)17-12-5-3-4-11(9-12)15-19-6-7-20-15/h3-5,9-10,13,15H,6-8,16H2,1-2H3,(H,17,18)/t13-/m0/s1. The van der Waals surface area contributed by atoms with E-state index in [1.807, 2.05) is 38.1 Å². The van der Waals surface area contributed by atoms with E-state index in [-0.39, 0.29) is 12.2 Å². The predicted molar refractivity (Wildman–Crippen MR) is 77.1 cm³/mol. The van der Waals surface area contributed by atoms with Crippen LogP contribution in [0.5, 0.6) is 0 Å². The van der Waals surface area contributed by atoms with E-state index in [9.17, 15) is 4.79 Å². The van der Waals surface area contributed by atoms with Crippen molar-refractivity contribution in [1.82, 2.24) is 0 Å². The molecule has 5 nitrogen and oxygen atoms in total. The van der Waals surface area contributed by atoms with Crippen LogP contribution < -0.4 is 11.1 Å². The van der Waals surface area contributed by atoms with Crippen LogP contribution in [0.15, 0.2) is 24.3 Å². The van der Waals surface area contributed by atoms with E-state index >= 15 is 0 Å². The summed E-state index contributed by atoms with van der Waals surface area (Å²) in [5.74, 6) is 0.228. The number of anilines is 1. The highest BCUT2D eigenvalue weighted by Gasteiger charge is 2.19. The third-order valence-electron chi connectivity index (χ3n) is 3.11. The molecular formula is C15H22N2O3. The van der Waals surface area contributed by atoms with Gasteiger partial charge in [-0.15, -0.1) is 0 Å². The highest BCUT2D eigenvalue weighted by atomic mass is 16.7. The average Bonchev–Trinajstić information content (AvgIpc) is 2.92. The minimum Gasteiger partial charge on any atom is -0.346 e. The summed E-state index contributed by atoms with van der Waals surface area (Å²) < 4.78 is 10.9. The zero-order valence-electron chi connectivity index (χ0n) is 12.0. The number of nitrogens with two attached hydrogens (primary N) is 1. The average molecular weight is 278 g/mol. The number of ether oxygens (including phenoxy) is 2. The van der Waals surface area contributed by atoms with Gasteiger partial charge >= 0.3 is 0 Å². The molecule has 1 aromatic rings. The number of amides is 1. The number of carbonyl (C=O) groups excluding carboxylic acids is 1. The molecule has 0 saturated carbocycles. The van der Waals surface area contributed by atoms with Crippen molar-refractivity contribution in [3.8, 4) is 0 Å². The van der Waals surface area contributed by atoms with E-state index in [0.717, 1.165) is 5.56 Å². The fraction of sp³-hybridized carbons (Fsp3) is 0.533. The maximum atomic E-state index is 12.0. The molecule has 0 radical (unpaired) electrons. The molecule has 1 fully saturated rings. The highest BCUT2D eigenvalue weighted by Crippen LogP contribution is 2.25. The van der Waals surface area contributed by atoms with Gasteiger partial charge in [0.25, 0.3) is 0 Å². The first-order valence-electron chi connectivity index (χ1n) is 6.96. The molecule has 1 amide bonds. The molecule has 2 rings (SSSR count). The Balaban J connectivity index is 1.98. The first kappa shape index (κ1) is 15.0. The van der Waals surface area contributed by atoms with E-state index in [1.165, 1.54) is 0 Å². The molecule has 20 heavy (non-hydrogen) atoms. The lowest BCUT2D eigenvalue weighted by Crippen LogP contribution is -2.36. The molecule has 1 heterocycles. The first-order chi connectivity index (χ1) is 9.56.